The molecule has 0 aliphatic rings. The molecule has 0 aliphatic heterocycles. The Bertz CT molecular complexity index is 539. The average molecular weight is 318 g/mol. The first-order valence-electron chi connectivity index (χ1n) is 5.86. The highest BCUT2D eigenvalue weighted by Crippen LogP contribution is 2.37. The van der Waals surface area contributed by atoms with Crippen LogP contribution in [-0.2, 0) is 0 Å². The third-order valence-corrected chi connectivity index (χ3v) is 4.08. The molecule has 0 aromatic heterocycles. The topological polar surface area (TPSA) is 0 Å². The second-order valence-corrected chi connectivity index (χ2v) is 5.70. The van der Waals surface area contributed by atoms with Gasteiger partial charge in [-0.05, 0) is 35.7 Å². The molecule has 2 aromatic carbocycles. The Morgan fingerprint density at radius 2 is 1.53 bits per heavy atom. The first-order chi connectivity index (χ1) is 9.08. The smallest absolute Gasteiger partial charge is 0.123 e. The maximum absolute atomic E-state index is 12.8. The van der Waals surface area contributed by atoms with Crippen molar-refractivity contribution in [1.82, 2.24) is 0 Å². The first kappa shape index (κ1) is 14.6. The Morgan fingerprint density at radius 3 is 2.16 bits per heavy atom. The van der Waals surface area contributed by atoms with Gasteiger partial charge < -0.3 is 0 Å². The molecular formula is C15H12Cl3F. The van der Waals surface area contributed by atoms with Crippen LogP contribution in [0.3, 0.4) is 0 Å². The van der Waals surface area contributed by atoms with Gasteiger partial charge in [0.1, 0.15) is 5.82 Å². The lowest BCUT2D eigenvalue weighted by Crippen LogP contribution is -1.98. The molecule has 2 atom stereocenters. The third-order valence-electron chi connectivity index (χ3n) is 2.89. The lowest BCUT2D eigenvalue weighted by molar-refractivity contribution is 0.626. The highest BCUT2D eigenvalue weighted by atomic mass is 35.5. The minimum absolute atomic E-state index is 0.277. The van der Waals surface area contributed by atoms with Crippen molar-refractivity contribution in [2.75, 3.05) is 0 Å². The number of rotatable bonds is 4. The molecule has 0 N–H and O–H groups in total. The molecule has 2 rings (SSSR count). The minimum atomic E-state index is -0.278. The van der Waals surface area contributed by atoms with E-state index in [1.165, 1.54) is 12.1 Å². The number of hydrogen-bond donors (Lipinski definition) is 0. The van der Waals surface area contributed by atoms with Gasteiger partial charge in [-0.15, -0.1) is 23.2 Å². The van der Waals surface area contributed by atoms with Crippen molar-refractivity contribution in [2.45, 2.75) is 17.2 Å². The van der Waals surface area contributed by atoms with Crippen LogP contribution in [0, 0.1) is 5.82 Å². The summed E-state index contributed by atoms with van der Waals surface area (Å²) >= 11 is 18.7. The molecule has 2 unspecified atom stereocenters. The second kappa shape index (κ2) is 6.60. The SMILES string of the molecule is Fc1ccc(C(Cl)CC(Cl)c2ccccc2Cl)cc1. The molecule has 4 heteroatoms. The van der Waals surface area contributed by atoms with Gasteiger partial charge in [0.15, 0.2) is 0 Å². The molecule has 19 heavy (non-hydrogen) atoms. The molecule has 0 aliphatic carbocycles. The van der Waals surface area contributed by atoms with Gasteiger partial charge in [0.05, 0.1) is 10.8 Å². The maximum atomic E-state index is 12.8. The van der Waals surface area contributed by atoms with Crippen LogP contribution in [0.1, 0.15) is 28.3 Å². The average Bonchev–Trinajstić information content (AvgIpc) is 2.39. The van der Waals surface area contributed by atoms with Gasteiger partial charge in [0, 0.05) is 5.02 Å². The molecule has 2 aromatic rings. The first-order valence-corrected chi connectivity index (χ1v) is 7.11. The van der Waals surface area contributed by atoms with E-state index >= 15 is 0 Å². The molecule has 0 saturated heterocycles. The Balaban J connectivity index is 2.08. The second-order valence-electron chi connectivity index (χ2n) is 4.24. The Morgan fingerprint density at radius 1 is 0.895 bits per heavy atom. The van der Waals surface area contributed by atoms with Crippen LogP contribution in [-0.4, -0.2) is 0 Å². The molecule has 0 radical (unpaired) electrons. The van der Waals surface area contributed by atoms with Gasteiger partial charge in [-0.3, -0.25) is 0 Å². The predicted molar refractivity (Wildman–Crippen MR) is 79.7 cm³/mol. The summed E-state index contributed by atoms with van der Waals surface area (Å²) in [7, 11) is 0. The van der Waals surface area contributed by atoms with Crippen molar-refractivity contribution in [3.05, 3.63) is 70.5 Å². The van der Waals surface area contributed by atoms with Gasteiger partial charge in [-0.1, -0.05) is 41.9 Å². The lowest BCUT2D eigenvalue weighted by atomic mass is 10.0. The van der Waals surface area contributed by atoms with Crippen LogP contribution in [0.15, 0.2) is 48.5 Å². The number of alkyl halides is 2. The summed E-state index contributed by atoms with van der Waals surface area (Å²) in [5.41, 5.74) is 1.71. The molecule has 0 saturated carbocycles. The van der Waals surface area contributed by atoms with Crippen LogP contribution in [0.25, 0.3) is 0 Å². The molecule has 0 heterocycles. The summed E-state index contributed by atoms with van der Waals surface area (Å²) in [5.74, 6) is -0.277. The summed E-state index contributed by atoms with van der Waals surface area (Å²) in [5, 5.41) is 0.0751. The highest BCUT2D eigenvalue weighted by Gasteiger charge is 2.17. The van der Waals surface area contributed by atoms with E-state index in [1.807, 2.05) is 18.2 Å². The van der Waals surface area contributed by atoms with E-state index < -0.39 is 0 Å². The van der Waals surface area contributed by atoms with E-state index in [-0.39, 0.29) is 16.6 Å². The summed E-state index contributed by atoms with van der Waals surface area (Å²) < 4.78 is 12.8. The lowest BCUT2D eigenvalue weighted by Gasteiger charge is -2.16. The van der Waals surface area contributed by atoms with Crippen molar-refractivity contribution in [3.63, 3.8) is 0 Å². The van der Waals surface area contributed by atoms with Gasteiger partial charge in [0.25, 0.3) is 0 Å². The zero-order valence-corrected chi connectivity index (χ0v) is 12.3. The van der Waals surface area contributed by atoms with Crippen molar-refractivity contribution in [3.8, 4) is 0 Å². The zero-order valence-electron chi connectivity index (χ0n) is 9.99. The van der Waals surface area contributed by atoms with Crippen molar-refractivity contribution in [2.24, 2.45) is 0 Å². The van der Waals surface area contributed by atoms with E-state index in [0.29, 0.717) is 11.4 Å². The molecule has 0 bridgehead atoms. The predicted octanol–water partition coefficient (Wildman–Crippen LogP) is 6.13. The van der Waals surface area contributed by atoms with Crippen LogP contribution >= 0.6 is 34.8 Å². The van der Waals surface area contributed by atoms with Crippen molar-refractivity contribution >= 4 is 34.8 Å². The summed E-state index contributed by atoms with van der Waals surface area (Å²) in [6.45, 7) is 0. The number of hydrogen-bond acceptors (Lipinski definition) is 0. The standard InChI is InChI=1S/C15H12Cl3F/c16-13-4-2-1-3-12(13)15(18)9-14(17)10-5-7-11(19)8-6-10/h1-8,14-15H,9H2. The molecule has 0 amide bonds. The molecular weight excluding hydrogens is 306 g/mol. The van der Waals surface area contributed by atoms with Gasteiger partial charge >= 0.3 is 0 Å². The van der Waals surface area contributed by atoms with Crippen LogP contribution in [0.4, 0.5) is 4.39 Å². The Hall–Kier alpha value is -0.760. The Labute approximate surface area is 127 Å². The third kappa shape index (κ3) is 3.85. The zero-order chi connectivity index (χ0) is 13.8. The quantitative estimate of drug-likeness (QED) is 0.595. The van der Waals surface area contributed by atoms with Gasteiger partial charge in [0.2, 0.25) is 0 Å². The van der Waals surface area contributed by atoms with Crippen LogP contribution < -0.4 is 0 Å². The van der Waals surface area contributed by atoms with E-state index in [9.17, 15) is 4.39 Å². The molecule has 100 valence electrons. The maximum Gasteiger partial charge on any atom is 0.123 e. The van der Waals surface area contributed by atoms with E-state index in [4.69, 9.17) is 34.8 Å². The van der Waals surface area contributed by atoms with Crippen LogP contribution in [0.2, 0.25) is 5.02 Å². The molecule has 0 nitrogen and oxygen atoms in total. The van der Waals surface area contributed by atoms with Crippen molar-refractivity contribution in [1.29, 1.82) is 0 Å². The number of halogens is 4. The molecule has 0 spiro atoms. The largest absolute Gasteiger partial charge is 0.207 e. The fraction of sp³-hybridized carbons (Fsp3) is 0.200. The summed E-state index contributed by atoms with van der Waals surface area (Å²) in [6.07, 6.45) is 0.526. The highest BCUT2D eigenvalue weighted by molar-refractivity contribution is 6.33. The van der Waals surface area contributed by atoms with E-state index in [2.05, 4.69) is 0 Å². The fourth-order valence-electron chi connectivity index (χ4n) is 1.85. The van der Waals surface area contributed by atoms with Gasteiger partial charge in [-0.25, -0.2) is 4.39 Å². The monoisotopic (exact) mass is 316 g/mol. The fourth-order valence-corrected chi connectivity index (χ4v) is 2.95. The minimum Gasteiger partial charge on any atom is -0.207 e. The van der Waals surface area contributed by atoms with Gasteiger partial charge in [-0.2, -0.15) is 0 Å². The normalized spacial score (nSPS) is 14.1. The van der Waals surface area contributed by atoms with E-state index in [1.54, 1.807) is 18.2 Å². The van der Waals surface area contributed by atoms with E-state index in [0.717, 1.165) is 11.1 Å². The molecule has 0 fully saturated rings. The Kier molecular flexibility index (Phi) is 5.09. The van der Waals surface area contributed by atoms with Crippen molar-refractivity contribution < 1.29 is 4.39 Å². The summed E-state index contributed by atoms with van der Waals surface area (Å²) in [4.78, 5) is 0. The number of benzene rings is 2. The summed E-state index contributed by atoms with van der Waals surface area (Å²) in [6, 6.07) is 13.5. The van der Waals surface area contributed by atoms with Crippen LogP contribution in [0.5, 0.6) is 0 Å².